The Labute approximate surface area is 160 Å². The molecule has 1 unspecified atom stereocenters. The fraction of sp³-hybridized carbons (Fsp3) is 0.550. The van der Waals surface area contributed by atoms with Gasteiger partial charge in [0.1, 0.15) is 18.2 Å². The van der Waals surface area contributed by atoms with E-state index in [1.807, 2.05) is 30.3 Å². The number of likely N-dealkylation sites (tertiary alicyclic amines) is 1. The van der Waals surface area contributed by atoms with E-state index in [9.17, 15) is 14.9 Å². The van der Waals surface area contributed by atoms with Crippen molar-refractivity contribution >= 4 is 12.1 Å². The number of hydrogen-bond donors (Lipinski definition) is 1. The van der Waals surface area contributed by atoms with E-state index in [-0.39, 0.29) is 25.2 Å². The van der Waals surface area contributed by atoms with Gasteiger partial charge in [-0.1, -0.05) is 30.3 Å². The number of ether oxygens (including phenoxy) is 2. The van der Waals surface area contributed by atoms with Crippen molar-refractivity contribution in [1.29, 1.82) is 5.26 Å². The van der Waals surface area contributed by atoms with Gasteiger partial charge in [-0.25, -0.2) is 4.79 Å². The maximum absolute atomic E-state index is 12.4. The number of amides is 1. The Morgan fingerprint density at radius 1 is 1.26 bits per heavy atom. The van der Waals surface area contributed by atoms with E-state index in [0.717, 1.165) is 5.56 Å². The predicted octanol–water partition coefficient (Wildman–Crippen LogP) is 2.61. The van der Waals surface area contributed by atoms with Crippen LogP contribution in [0.5, 0.6) is 0 Å². The van der Waals surface area contributed by atoms with Crippen LogP contribution in [0.15, 0.2) is 30.3 Å². The molecular formula is C20H27N3O4. The maximum Gasteiger partial charge on any atom is 0.411 e. The molecule has 0 saturated carbocycles. The molecule has 27 heavy (non-hydrogen) atoms. The Bertz CT molecular complexity index is 679. The van der Waals surface area contributed by atoms with Gasteiger partial charge in [0.05, 0.1) is 12.6 Å². The minimum Gasteiger partial charge on any atom is -0.460 e. The summed E-state index contributed by atoms with van der Waals surface area (Å²) in [5.41, 5.74) is 0.301. The highest BCUT2D eigenvalue weighted by Crippen LogP contribution is 2.20. The van der Waals surface area contributed by atoms with Gasteiger partial charge in [0.15, 0.2) is 0 Å². The molecule has 0 bridgehead atoms. The lowest BCUT2D eigenvalue weighted by atomic mass is 9.99. The second-order valence-corrected chi connectivity index (χ2v) is 7.58. The lowest BCUT2D eigenvalue weighted by Gasteiger charge is -2.37. The number of piperidine rings is 1. The van der Waals surface area contributed by atoms with Crippen LogP contribution in [0.4, 0.5) is 4.79 Å². The number of carbonyl (C=O) groups is 2. The number of nitrogens with zero attached hydrogens (tertiary/aromatic N) is 2. The second-order valence-electron chi connectivity index (χ2n) is 7.58. The summed E-state index contributed by atoms with van der Waals surface area (Å²) in [6.07, 6.45) is 0.725. The Hall–Kier alpha value is -2.59. The molecule has 1 aromatic carbocycles. The molecule has 7 nitrogen and oxygen atoms in total. The third kappa shape index (κ3) is 6.91. The number of hydrogen-bond acceptors (Lipinski definition) is 6. The molecule has 1 amide bonds. The zero-order valence-electron chi connectivity index (χ0n) is 16.1. The first kappa shape index (κ1) is 20.7. The van der Waals surface area contributed by atoms with Crippen LogP contribution >= 0.6 is 0 Å². The molecule has 1 fully saturated rings. The molecule has 1 aliphatic rings. The van der Waals surface area contributed by atoms with Crippen molar-refractivity contribution in [2.45, 2.75) is 57.9 Å². The van der Waals surface area contributed by atoms with Gasteiger partial charge in [-0.3, -0.25) is 9.69 Å². The van der Waals surface area contributed by atoms with Gasteiger partial charge in [-0.2, -0.15) is 5.26 Å². The number of carbonyl (C=O) groups excluding carboxylic acids is 2. The predicted molar refractivity (Wildman–Crippen MR) is 99.6 cm³/mol. The normalized spacial score (nSPS) is 19.9. The molecule has 1 N–H and O–H groups in total. The standard InChI is InChI=1S/C20H27N3O4/c1-20(2,3)27-19(25)23-13-16(9-10-17(23)11-21)22-12-18(24)26-14-15-7-5-4-6-8-15/h4-8,16-17,22H,9-10,12-14H2,1-3H3/t16?,17-/m0/s1. The van der Waals surface area contributed by atoms with Crippen molar-refractivity contribution in [1.82, 2.24) is 10.2 Å². The minimum absolute atomic E-state index is 0.0525. The summed E-state index contributed by atoms with van der Waals surface area (Å²) >= 11 is 0. The summed E-state index contributed by atoms with van der Waals surface area (Å²) in [7, 11) is 0. The second kappa shape index (κ2) is 9.38. The summed E-state index contributed by atoms with van der Waals surface area (Å²) in [4.78, 5) is 25.7. The molecule has 0 radical (unpaired) electrons. The van der Waals surface area contributed by atoms with Gasteiger partial charge >= 0.3 is 12.1 Å². The lowest BCUT2D eigenvalue weighted by Crippen LogP contribution is -2.54. The quantitative estimate of drug-likeness (QED) is 0.798. The van der Waals surface area contributed by atoms with Crippen molar-refractivity contribution in [3.05, 3.63) is 35.9 Å². The van der Waals surface area contributed by atoms with E-state index in [4.69, 9.17) is 9.47 Å². The molecule has 1 saturated heterocycles. The first-order valence-electron chi connectivity index (χ1n) is 9.10. The summed E-state index contributed by atoms with van der Waals surface area (Å²) in [6.45, 7) is 5.96. The Kier molecular flexibility index (Phi) is 7.19. The molecule has 2 rings (SSSR count). The van der Waals surface area contributed by atoms with Crippen LogP contribution in [-0.4, -0.2) is 47.7 Å². The summed E-state index contributed by atoms with van der Waals surface area (Å²) in [5, 5.41) is 12.4. The van der Waals surface area contributed by atoms with Crippen molar-refractivity contribution in [3.8, 4) is 6.07 Å². The van der Waals surface area contributed by atoms with Crippen LogP contribution in [0.25, 0.3) is 0 Å². The van der Waals surface area contributed by atoms with E-state index in [0.29, 0.717) is 19.4 Å². The molecule has 1 heterocycles. The van der Waals surface area contributed by atoms with Crippen LogP contribution in [0, 0.1) is 11.3 Å². The highest BCUT2D eigenvalue weighted by Gasteiger charge is 2.34. The van der Waals surface area contributed by atoms with E-state index in [1.54, 1.807) is 20.8 Å². The van der Waals surface area contributed by atoms with E-state index < -0.39 is 17.7 Å². The van der Waals surface area contributed by atoms with E-state index >= 15 is 0 Å². The fourth-order valence-corrected chi connectivity index (χ4v) is 2.81. The Balaban J connectivity index is 1.81. The largest absolute Gasteiger partial charge is 0.460 e. The zero-order chi connectivity index (χ0) is 19.9. The topological polar surface area (TPSA) is 91.7 Å². The van der Waals surface area contributed by atoms with Gasteiger partial charge in [0, 0.05) is 12.6 Å². The monoisotopic (exact) mass is 373 g/mol. The number of esters is 1. The van der Waals surface area contributed by atoms with E-state index in [2.05, 4.69) is 11.4 Å². The van der Waals surface area contributed by atoms with Gasteiger partial charge < -0.3 is 14.8 Å². The molecule has 0 aliphatic carbocycles. The lowest BCUT2D eigenvalue weighted by molar-refractivity contribution is -0.144. The number of nitriles is 1. The number of nitrogens with one attached hydrogen (secondary N) is 1. The van der Waals surface area contributed by atoms with Crippen molar-refractivity contribution in [3.63, 3.8) is 0 Å². The minimum atomic E-state index is -0.626. The molecule has 7 heteroatoms. The fourth-order valence-electron chi connectivity index (χ4n) is 2.81. The van der Waals surface area contributed by atoms with Crippen LogP contribution in [0.1, 0.15) is 39.2 Å². The van der Waals surface area contributed by atoms with Gasteiger partial charge in [-0.05, 0) is 39.2 Å². The van der Waals surface area contributed by atoms with Crippen molar-refractivity contribution in [2.75, 3.05) is 13.1 Å². The Morgan fingerprint density at radius 3 is 2.59 bits per heavy atom. The average molecular weight is 373 g/mol. The van der Waals surface area contributed by atoms with Crippen LogP contribution in [-0.2, 0) is 20.9 Å². The SMILES string of the molecule is CC(C)(C)OC(=O)N1CC(NCC(=O)OCc2ccccc2)CC[C@H]1C#N. The van der Waals surface area contributed by atoms with Crippen LogP contribution in [0.3, 0.4) is 0 Å². The maximum atomic E-state index is 12.4. The van der Waals surface area contributed by atoms with Gasteiger partial charge in [-0.15, -0.1) is 0 Å². The Morgan fingerprint density at radius 2 is 1.96 bits per heavy atom. The molecular weight excluding hydrogens is 346 g/mol. The molecule has 2 atom stereocenters. The summed E-state index contributed by atoms with van der Waals surface area (Å²) in [5.74, 6) is -0.356. The third-order valence-electron chi connectivity index (χ3n) is 4.14. The van der Waals surface area contributed by atoms with Crippen LogP contribution in [0.2, 0.25) is 0 Å². The first-order chi connectivity index (χ1) is 12.8. The van der Waals surface area contributed by atoms with Gasteiger partial charge in [0.25, 0.3) is 0 Å². The highest BCUT2D eigenvalue weighted by atomic mass is 16.6. The smallest absolute Gasteiger partial charge is 0.411 e. The van der Waals surface area contributed by atoms with Crippen LogP contribution < -0.4 is 5.32 Å². The van der Waals surface area contributed by atoms with Crippen molar-refractivity contribution < 1.29 is 19.1 Å². The average Bonchev–Trinajstić information content (AvgIpc) is 2.64. The molecule has 1 aromatic rings. The number of rotatable bonds is 5. The molecule has 0 aromatic heterocycles. The number of benzene rings is 1. The first-order valence-corrected chi connectivity index (χ1v) is 9.10. The third-order valence-corrected chi connectivity index (χ3v) is 4.14. The van der Waals surface area contributed by atoms with Crippen molar-refractivity contribution in [2.24, 2.45) is 0 Å². The molecule has 0 spiro atoms. The van der Waals surface area contributed by atoms with E-state index in [1.165, 1.54) is 4.90 Å². The van der Waals surface area contributed by atoms with Gasteiger partial charge in [0.2, 0.25) is 0 Å². The summed E-state index contributed by atoms with van der Waals surface area (Å²) in [6, 6.07) is 11.0. The summed E-state index contributed by atoms with van der Waals surface area (Å²) < 4.78 is 10.6. The molecule has 146 valence electrons. The zero-order valence-corrected chi connectivity index (χ0v) is 16.1. The molecule has 1 aliphatic heterocycles. The highest BCUT2D eigenvalue weighted by molar-refractivity contribution is 5.72.